The van der Waals surface area contributed by atoms with Crippen molar-refractivity contribution in [1.29, 1.82) is 0 Å². The number of nitrogens with one attached hydrogen (secondary N) is 1. The number of aromatic nitrogens is 3. The lowest BCUT2D eigenvalue weighted by Gasteiger charge is -2.06. The van der Waals surface area contributed by atoms with Crippen molar-refractivity contribution in [3.63, 3.8) is 0 Å². The predicted octanol–water partition coefficient (Wildman–Crippen LogP) is 1.44. The first-order valence-electron chi connectivity index (χ1n) is 4.47. The van der Waals surface area contributed by atoms with Crippen LogP contribution in [0.5, 0.6) is 0 Å². The number of aryl methyl sites for hydroxylation is 1. The molecule has 0 saturated carbocycles. The molecule has 0 atom stereocenters. The molecule has 0 aliphatic carbocycles. The van der Waals surface area contributed by atoms with E-state index in [9.17, 15) is 0 Å². The van der Waals surface area contributed by atoms with E-state index in [-0.39, 0.29) is 5.95 Å². The normalized spacial score (nSPS) is 10.2. The van der Waals surface area contributed by atoms with Crippen molar-refractivity contribution in [2.45, 2.75) is 13.5 Å². The standard InChI is InChI=1S/C9H11N5S/c1-6-4-13-9(10)14-8(6)12-5-7-11-2-3-15-7/h2-4H,5H2,1H3,(H3,10,12,13,14). The van der Waals surface area contributed by atoms with Crippen LogP contribution in [0.25, 0.3) is 0 Å². The van der Waals surface area contributed by atoms with Crippen LogP contribution in [0.1, 0.15) is 10.6 Å². The van der Waals surface area contributed by atoms with E-state index in [0.29, 0.717) is 6.54 Å². The molecule has 0 bridgehead atoms. The van der Waals surface area contributed by atoms with E-state index < -0.39 is 0 Å². The van der Waals surface area contributed by atoms with Crippen LogP contribution in [0.15, 0.2) is 17.8 Å². The fourth-order valence-corrected chi connectivity index (χ4v) is 1.69. The van der Waals surface area contributed by atoms with Crippen molar-refractivity contribution < 1.29 is 0 Å². The van der Waals surface area contributed by atoms with Gasteiger partial charge in [0.05, 0.1) is 6.54 Å². The Morgan fingerprint density at radius 1 is 1.47 bits per heavy atom. The van der Waals surface area contributed by atoms with E-state index in [2.05, 4.69) is 20.3 Å². The first-order chi connectivity index (χ1) is 7.25. The second-order valence-electron chi connectivity index (χ2n) is 3.04. The van der Waals surface area contributed by atoms with Crippen LogP contribution in [0, 0.1) is 6.92 Å². The van der Waals surface area contributed by atoms with Crippen molar-refractivity contribution in [1.82, 2.24) is 15.0 Å². The van der Waals surface area contributed by atoms with E-state index in [1.165, 1.54) is 0 Å². The van der Waals surface area contributed by atoms with Gasteiger partial charge in [-0.3, -0.25) is 0 Å². The van der Waals surface area contributed by atoms with Gasteiger partial charge in [0.1, 0.15) is 10.8 Å². The minimum absolute atomic E-state index is 0.280. The maximum absolute atomic E-state index is 5.50. The summed E-state index contributed by atoms with van der Waals surface area (Å²) >= 11 is 1.60. The molecule has 6 heteroatoms. The molecule has 2 aromatic heterocycles. The number of nitrogens with zero attached hydrogens (tertiary/aromatic N) is 3. The topological polar surface area (TPSA) is 76.7 Å². The van der Waals surface area contributed by atoms with Gasteiger partial charge in [-0.1, -0.05) is 0 Å². The second-order valence-corrected chi connectivity index (χ2v) is 4.02. The summed E-state index contributed by atoms with van der Waals surface area (Å²) in [6, 6.07) is 0. The summed E-state index contributed by atoms with van der Waals surface area (Å²) in [5, 5.41) is 6.14. The molecule has 0 spiro atoms. The highest BCUT2D eigenvalue weighted by Crippen LogP contribution is 2.13. The average molecular weight is 221 g/mol. The maximum atomic E-state index is 5.50. The predicted molar refractivity (Wildman–Crippen MR) is 60.6 cm³/mol. The van der Waals surface area contributed by atoms with Gasteiger partial charge in [0, 0.05) is 23.3 Å². The van der Waals surface area contributed by atoms with Gasteiger partial charge in [0.25, 0.3) is 0 Å². The molecular formula is C9H11N5S. The minimum atomic E-state index is 0.280. The molecule has 2 aromatic rings. The molecule has 0 fully saturated rings. The van der Waals surface area contributed by atoms with Crippen molar-refractivity contribution in [2.75, 3.05) is 11.1 Å². The molecule has 0 aliphatic rings. The highest BCUT2D eigenvalue weighted by Gasteiger charge is 2.02. The summed E-state index contributed by atoms with van der Waals surface area (Å²) in [6.45, 7) is 2.60. The first-order valence-corrected chi connectivity index (χ1v) is 5.35. The Bertz CT molecular complexity index is 440. The molecule has 15 heavy (non-hydrogen) atoms. The third kappa shape index (κ3) is 2.41. The van der Waals surface area contributed by atoms with Gasteiger partial charge in [-0.05, 0) is 6.92 Å². The molecule has 2 heterocycles. The van der Waals surface area contributed by atoms with E-state index >= 15 is 0 Å². The number of thiazole rings is 1. The molecular weight excluding hydrogens is 210 g/mol. The SMILES string of the molecule is Cc1cnc(N)nc1NCc1nccs1. The van der Waals surface area contributed by atoms with Crippen LogP contribution in [-0.4, -0.2) is 15.0 Å². The van der Waals surface area contributed by atoms with Gasteiger partial charge in [-0.2, -0.15) is 4.98 Å². The number of hydrogen-bond acceptors (Lipinski definition) is 6. The van der Waals surface area contributed by atoms with Gasteiger partial charge in [0.15, 0.2) is 0 Å². The number of rotatable bonds is 3. The largest absolute Gasteiger partial charge is 0.368 e. The Kier molecular flexibility index (Phi) is 2.77. The lowest BCUT2D eigenvalue weighted by molar-refractivity contribution is 1.05. The van der Waals surface area contributed by atoms with Crippen LogP contribution in [0.2, 0.25) is 0 Å². The average Bonchev–Trinajstić information content (AvgIpc) is 2.72. The fraction of sp³-hybridized carbons (Fsp3) is 0.222. The van der Waals surface area contributed by atoms with Crippen LogP contribution in [0.4, 0.5) is 11.8 Å². The van der Waals surface area contributed by atoms with Crippen molar-refractivity contribution >= 4 is 23.1 Å². The van der Waals surface area contributed by atoms with Crippen LogP contribution < -0.4 is 11.1 Å². The van der Waals surface area contributed by atoms with E-state index in [0.717, 1.165) is 16.4 Å². The highest BCUT2D eigenvalue weighted by molar-refractivity contribution is 7.09. The quantitative estimate of drug-likeness (QED) is 0.820. The molecule has 0 amide bonds. The minimum Gasteiger partial charge on any atom is -0.368 e. The molecule has 5 nitrogen and oxygen atoms in total. The van der Waals surface area contributed by atoms with Gasteiger partial charge in [-0.25, -0.2) is 9.97 Å². The molecule has 2 rings (SSSR count). The lowest BCUT2D eigenvalue weighted by Crippen LogP contribution is -2.05. The van der Waals surface area contributed by atoms with E-state index in [4.69, 9.17) is 5.73 Å². The summed E-state index contributed by atoms with van der Waals surface area (Å²) in [5.41, 5.74) is 6.47. The molecule has 3 N–H and O–H groups in total. The van der Waals surface area contributed by atoms with E-state index in [1.807, 2.05) is 12.3 Å². The summed E-state index contributed by atoms with van der Waals surface area (Å²) in [5.74, 6) is 1.04. The first kappa shape index (κ1) is 9.85. The van der Waals surface area contributed by atoms with Gasteiger partial charge >= 0.3 is 0 Å². The zero-order valence-corrected chi connectivity index (χ0v) is 9.08. The summed E-state index contributed by atoms with van der Waals surface area (Å²) in [7, 11) is 0. The molecule has 0 saturated heterocycles. The van der Waals surface area contributed by atoms with Crippen molar-refractivity contribution in [3.05, 3.63) is 28.3 Å². The van der Waals surface area contributed by atoms with Gasteiger partial charge in [-0.15, -0.1) is 11.3 Å². The molecule has 78 valence electrons. The van der Waals surface area contributed by atoms with Crippen LogP contribution in [0.3, 0.4) is 0 Å². The van der Waals surface area contributed by atoms with E-state index in [1.54, 1.807) is 23.7 Å². The third-order valence-electron chi connectivity index (χ3n) is 1.88. The summed E-state index contributed by atoms with van der Waals surface area (Å²) in [4.78, 5) is 12.2. The number of hydrogen-bond donors (Lipinski definition) is 2. The number of nitrogen functional groups attached to an aromatic ring is 1. The Balaban J connectivity index is 2.07. The Morgan fingerprint density at radius 3 is 3.07 bits per heavy atom. The van der Waals surface area contributed by atoms with Crippen molar-refractivity contribution in [2.24, 2.45) is 0 Å². The Morgan fingerprint density at radius 2 is 2.33 bits per heavy atom. The Labute approximate surface area is 91.4 Å². The smallest absolute Gasteiger partial charge is 0.221 e. The highest BCUT2D eigenvalue weighted by atomic mass is 32.1. The summed E-state index contributed by atoms with van der Waals surface area (Å²) < 4.78 is 0. The van der Waals surface area contributed by atoms with Gasteiger partial charge in [0.2, 0.25) is 5.95 Å². The zero-order chi connectivity index (χ0) is 10.7. The Hall–Kier alpha value is -1.69. The van der Waals surface area contributed by atoms with Crippen LogP contribution >= 0.6 is 11.3 Å². The van der Waals surface area contributed by atoms with Crippen LogP contribution in [-0.2, 0) is 6.54 Å². The van der Waals surface area contributed by atoms with Crippen molar-refractivity contribution in [3.8, 4) is 0 Å². The molecule has 0 aromatic carbocycles. The lowest BCUT2D eigenvalue weighted by atomic mass is 10.3. The molecule has 0 aliphatic heterocycles. The maximum Gasteiger partial charge on any atom is 0.221 e. The number of nitrogens with two attached hydrogens (primary N) is 1. The molecule has 0 radical (unpaired) electrons. The summed E-state index contributed by atoms with van der Waals surface area (Å²) in [6.07, 6.45) is 3.48. The third-order valence-corrected chi connectivity index (χ3v) is 2.66. The fourth-order valence-electron chi connectivity index (χ4n) is 1.13. The monoisotopic (exact) mass is 221 g/mol. The zero-order valence-electron chi connectivity index (χ0n) is 8.27. The molecule has 0 unspecified atom stereocenters. The second kappa shape index (κ2) is 4.22. The number of anilines is 2. The van der Waals surface area contributed by atoms with Gasteiger partial charge < -0.3 is 11.1 Å².